The normalized spacial score (nSPS) is 17.1. The highest BCUT2D eigenvalue weighted by Crippen LogP contribution is 2.32. The van der Waals surface area contributed by atoms with Crippen molar-refractivity contribution >= 4 is 5.91 Å². The Bertz CT molecular complexity index is 755. The maximum Gasteiger partial charge on any atom is 0.272 e. The van der Waals surface area contributed by atoms with Gasteiger partial charge in [0.25, 0.3) is 5.91 Å². The second kappa shape index (κ2) is 6.63. The summed E-state index contributed by atoms with van der Waals surface area (Å²) < 4.78 is 20.8. The van der Waals surface area contributed by atoms with E-state index in [1.807, 2.05) is 13.1 Å². The molecule has 1 aromatic carbocycles. The first-order chi connectivity index (χ1) is 11.5. The standard InChI is InChI=1S/C18H22FN3O2/c1-11(2)16-10-15(21-22(16)3)18(23)20-14-5-4-8-24-17-9-12(19)6-7-13(14)17/h6-7,9-11,14H,4-5,8H2,1-3H3,(H,20,23). The molecule has 1 unspecified atom stereocenters. The molecule has 1 atom stereocenters. The SMILES string of the molecule is CC(C)c1cc(C(=O)NC2CCCOc3cc(F)ccc32)nn1C. The summed E-state index contributed by atoms with van der Waals surface area (Å²) in [7, 11) is 1.84. The first kappa shape index (κ1) is 16.5. The molecule has 5 nitrogen and oxygen atoms in total. The molecule has 0 bridgehead atoms. The number of amides is 1. The van der Waals surface area contributed by atoms with Crippen LogP contribution in [0.4, 0.5) is 4.39 Å². The van der Waals surface area contributed by atoms with E-state index in [1.165, 1.54) is 12.1 Å². The molecule has 1 amide bonds. The van der Waals surface area contributed by atoms with Gasteiger partial charge in [-0.3, -0.25) is 9.48 Å². The Hall–Kier alpha value is -2.37. The number of carbonyl (C=O) groups excluding carboxylic acids is 1. The van der Waals surface area contributed by atoms with Gasteiger partial charge in [-0.1, -0.05) is 19.9 Å². The van der Waals surface area contributed by atoms with Crippen LogP contribution in [0.3, 0.4) is 0 Å². The highest BCUT2D eigenvalue weighted by molar-refractivity contribution is 5.92. The van der Waals surface area contributed by atoms with Gasteiger partial charge in [0.05, 0.1) is 12.6 Å². The number of hydrogen-bond acceptors (Lipinski definition) is 3. The second-order valence-electron chi connectivity index (χ2n) is 6.43. The van der Waals surface area contributed by atoms with Crippen molar-refractivity contribution in [1.29, 1.82) is 0 Å². The van der Waals surface area contributed by atoms with Crippen molar-refractivity contribution in [2.45, 2.75) is 38.6 Å². The van der Waals surface area contributed by atoms with Crippen LogP contribution in [0.2, 0.25) is 0 Å². The molecule has 128 valence electrons. The maximum atomic E-state index is 13.4. The Morgan fingerprint density at radius 2 is 2.21 bits per heavy atom. The number of aromatic nitrogens is 2. The van der Waals surface area contributed by atoms with Crippen LogP contribution in [-0.2, 0) is 7.05 Å². The van der Waals surface area contributed by atoms with Crippen molar-refractivity contribution in [3.8, 4) is 5.75 Å². The highest BCUT2D eigenvalue weighted by Gasteiger charge is 2.24. The third kappa shape index (κ3) is 3.27. The number of fused-ring (bicyclic) bond motifs is 1. The summed E-state index contributed by atoms with van der Waals surface area (Å²) >= 11 is 0. The molecule has 0 fully saturated rings. The highest BCUT2D eigenvalue weighted by atomic mass is 19.1. The fourth-order valence-electron chi connectivity index (χ4n) is 3.06. The van der Waals surface area contributed by atoms with Crippen LogP contribution in [0.15, 0.2) is 24.3 Å². The van der Waals surface area contributed by atoms with E-state index in [1.54, 1.807) is 10.7 Å². The monoisotopic (exact) mass is 331 g/mol. The number of aryl methyl sites for hydroxylation is 1. The van der Waals surface area contributed by atoms with Crippen LogP contribution in [0.5, 0.6) is 5.75 Å². The van der Waals surface area contributed by atoms with Crippen molar-refractivity contribution in [2.75, 3.05) is 6.61 Å². The third-order valence-electron chi connectivity index (χ3n) is 4.29. The number of nitrogens with zero attached hydrogens (tertiary/aromatic N) is 2. The number of halogens is 1. The molecule has 1 N–H and O–H groups in total. The molecule has 1 aliphatic rings. The predicted octanol–water partition coefficient (Wildman–Crippen LogP) is 3.33. The summed E-state index contributed by atoms with van der Waals surface area (Å²) in [6.45, 7) is 4.64. The largest absolute Gasteiger partial charge is 0.493 e. The van der Waals surface area contributed by atoms with Crippen molar-refractivity contribution in [3.05, 3.63) is 47.0 Å². The molecule has 3 rings (SSSR count). The van der Waals surface area contributed by atoms with Crippen molar-refractivity contribution < 1.29 is 13.9 Å². The van der Waals surface area contributed by atoms with Gasteiger partial charge in [-0.2, -0.15) is 5.10 Å². The van der Waals surface area contributed by atoms with E-state index in [0.29, 0.717) is 24.0 Å². The van der Waals surface area contributed by atoms with Crippen molar-refractivity contribution in [1.82, 2.24) is 15.1 Å². The number of rotatable bonds is 3. The lowest BCUT2D eigenvalue weighted by molar-refractivity contribution is 0.0929. The summed E-state index contributed by atoms with van der Waals surface area (Å²) in [6.07, 6.45) is 1.54. The summed E-state index contributed by atoms with van der Waals surface area (Å²) in [5, 5.41) is 7.32. The van der Waals surface area contributed by atoms with Crippen LogP contribution >= 0.6 is 0 Å². The van der Waals surface area contributed by atoms with Gasteiger partial charge in [-0.25, -0.2) is 4.39 Å². The van der Waals surface area contributed by atoms with E-state index in [-0.39, 0.29) is 17.8 Å². The van der Waals surface area contributed by atoms with Crippen LogP contribution in [-0.4, -0.2) is 22.3 Å². The molecule has 0 saturated carbocycles. The zero-order chi connectivity index (χ0) is 17.3. The van der Waals surface area contributed by atoms with Gasteiger partial charge in [-0.05, 0) is 30.9 Å². The second-order valence-corrected chi connectivity index (χ2v) is 6.43. The molecular formula is C18H22FN3O2. The number of benzene rings is 1. The summed E-state index contributed by atoms with van der Waals surface area (Å²) in [5.41, 5.74) is 2.21. The Morgan fingerprint density at radius 3 is 2.92 bits per heavy atom. The van der Waals surface area contributed by atoms with Crippen LogP contribution in [0.25, 0.3) is 0 Å². The molecular weight excluding hydrogens is 309 g/mol. The number of hydrogen-bond donors (Lipinski definition) is 1. The lowest BCUT2D eigenvalue weighted by Gasteiger charge is -2.17. The van der Waals surface area contributed by atoms with E-state index < -0.39 is 0 Å². The molecule has 2 aromatic rings. The molecule has 0 spiro atoms. The Balaban J connectivity index is 1.83. The molecule has 0 radical (unpaired) electrons. The van der Waals surface area contributed by atoms with Gasteiger partial charge < -0.3 is 10.1 Å². The summed E-state index contributed by atoms with van der Waals surface area (Å²) in [5.74, 6) is 0.229. The molecule has 1 aromatic heterocycles. The minimum atomic E-state index is -0.341. The lowest BCUT2D eigenvalue weighted by atomic mass is 10.0. The molecule has 24 heavy (non-hydrogen) atoms. The Labute approximate surface area is 140 Å². The zero-order valence-corrected chi connectivity index (χ0v) is 14.2. The molecule has 2 heterocycles. The van der Waals surface area contributed by atoms with E-state index in [2.05, 4.69) is 24.3 Å². The minimum absolute atomic E-state index is 0.208. The predicted molar refractivity (Wildman–Crippen MR) is 88.6 cm³/mol. The van der Waals surface area contributed by atoms with Gasteiger partial charge in [0.1, 0.15) is 17.3 Å². The zero-order valence-electron chi connectivity index (χ0n) is 14.2. The number of carbonyl (C=O) groups is 1. The summed E-state index contributed by atoms with van der Waals surface area (Å²) in [6, 6.07) is 6.06. The van der Waals surface area contributed by atoms with E-state index in [0.717, 1.165) is 24.1 Å². The average Bonchev–Trinajstić information content (AvgIpc) is 2.82. The maximum absolute atomic E-state index is 13.4. The molecule has 1 aliphatic heterocycles. The molecule has 0 saturated heterocycles. The van der Waals surface area contributed by atoms with Crippen LogP contribution in [0.1, 0.15) is 60.4 Å². The molecule has 0 aliphatic carbocycles. The first-order valence-corrected chi connectivity index (χ1v) is 8.22. The van der Waals surface area contributed by atoms with E-state index >= 15 is 0 Å². The van der Waals surface area contributed by atoms with Gasteiger partial charge in [0, 0.05) is 24.4 Å². The fraction of sp³-hybridized carbons (Fsp3) is 0.444. The number of ether oxygens (including phenoxy) is 1. The number of nitrogens with one attached hydrogen (secondary N) is 1. The average molecular weight is 331 g/mol. The van der Waals surface area contributed by atoms with Crippen LogP contribution in [0, 0.1) is 5.82 Å². The van der Waals surface area contributed by atoms with Crippen LogP contribution < -0.4 is 10.1 Å². The fourth-order valence-corrected chi connectivity index (χ4v) is 3.06. The summed E-state index contributed by atoms with van der Waals surface area (Å²) in [4.78, 5) is 12.6. The molecule has 6 heteroatoms. The topological polar surface area (TPSA) is 56.1 Å². The van der Waals surface area contributed by atoms with Crippen molar-refractivity contribution in [2.24, 2.45) is 7.05 Å². The van der Waals surface area contributed by atoms with Crippen molar-refractivity contribution in [3.63, 3.8) is 0 Å². The van der Waals surface area contributed by atoms with Gasteiger partial charge in [0.15, 0.2) is 0 Å². The van der Waals surface area contributed by atoms with Gasteiger partial charge in [-0.15, -0.1) is 0 Å². The van der Waals surface area contributed by atoms with E-state index in [4.69, 9.17) is 4.74 Å². The quantitative estimate of drug-likeness (QED) is 0.938. The van der Waals surface area contributed by atoms with Gasteiger partial charge >= 0.3 is 0 Å². The Kier molecular flexibility index (Phi) is 4.55. The smallest absolute Gasteiger partial charge is 0.272 e. The first-order valence-electron chi connectivity index (χ1n) is 8.22. The lowest BCUT2D eigenvalue weighted by Crippen LogP contribution is -2.28. The van der Waals surface area contributed by atoms with E-state index in [9.17, 15) is 9.18 Å². The minimum Gasteiger partial charge on any atom is -0.493 e. The third-order valence-corrected chi connectivity index (χ3v) is 4.29. The van der Waals surface area contributed by atoms with Gasteiger partial charge in [0.2, 0.25) is 0 Å². The Morgan fingerprint density at radius 1 is 1.42 bits per heavy atom.